The lowest BCUT2D eigenvalue weighted by Gasteiger charge is -2.19. The van der Waals surface area contributed by atoms with Crippen LogP contribution < -0.4 is 10.0 Å². The van der Waals surface area contributed by atoms with Crippen LogP contribution in [0.1, 0.15) is 46.4 Å². The van der Waals surface area contributed by atoms with Gasteiger partial charge in [-0.15, -0.1) is 0 Å². The third-order valence-electron chi connectivity index (χ3n) is 4.10. The minimum absolute atomic E-state index is 0.0689. The summed E-state index contributed by atoms with van der Waals surface area (Å²) in [6, 6.07) is 12.5. The predicted octanol–water partition coefficient (Wildman–Crippen LogP) is 3.56. The second kappa shape index (κ2) is 7.70. The molecule has 5 nitrogen and oxygen atoms in total. The predicted molar refractivity (Wildman–Crippen MR) is 101 cm³/mol. The van der Waals surface area contributed by atoms with Gasteiger partial charge in [-0.3, -0.25) is 9.52 Å². The average Bonchev–Trinajstić information content (AvgIpc) is 2.54. The van der Waals surface area contributed by atoms with Crippen LogP contribution in [-0.4, -0.2) is 20.6 Å². The van der Waals surface area contributed by atoms with Gasteiger partial charge in [0.05, 0.1) is 12.3 Å². The Bertz CT molecular complexity index is 859. The van der Waals surface area contributed by atoms with Gasteiger partial charge in [0, 0.05) is 11.3 Å². The van der Waals surface area contributed by atoms with E-state index in [9.17, 15) is 13.2 Å². The number of amides is 1. The van der Waals surface area contributed by atoms with Gasteiger partial charge in [-0.25, -0.2) is 8.42 Å². The van der Waals surface area contributed by atoms with Crippen molar-refractivity contribution in [1.29, 1.82) is 0 Å². The number of aryl methyl sites for hydroxylation is 2. The first kappa shape index (κ1) is 19.0. The van der Waals surface area contributed by atoms with E-state index < -0.39 is 10.0 Å². The molecule has 0 aliphatic carbocycles. The minimum atomic E-state index is -3.33. The highest BCUT2D eigenvalue weighted by Gasteiger charge is 2.15. The summed E-state index contributed by atoms with van der Waals surface area (Å²) in [7, 11) is -3.33. The summed E-state index contributed by atoms with van der Waals surface area (Å²) in [5, 5.41) is 3.04. The van der Waals surface area contributed by atoms with Crippen molar-refractivity contribution < 1.29 is 13.2 Å². The van der Waals surface area contributed by atoms with Crippen molar-refractivity contribution in [2.24, 2.45) is 0 Å². The maximum Gasteiger partial charge on any atom is 0.251 e. The Balaban J connectivity index is 2.12. The Morgan fingerprint density at radius 3 is 2.20 bits per heavy atom. The zero-order chi connectivity index (χ0) is 18.6. The number of hydrogen-bond donors (Lipinski definition) is 2. The normalized spacial score (nSPS) is 12.5. The van der Waals surface area contributed by atoms with E-state index in [0.29, 0.717) is 11.3 Å². The number of anilines is 1. The van der Waals surface area contributed by atoms with Crippen LogP contribution >= 0.6 is 0 Å². The average molecular weight is 360 g/mol. The molecule has 2 rings (SSSR count). The maximum absolute atomic E-state index is 12.5. The monoisotopic (exact) mass is 360 g/mol. The zero-order valence-corrected chi connectivity index (χ0v) is 15.8. The van der Waals surface area contributed by atoms with Crippen LogP contribution in [0.2, 0.25) is 0 Å². The van der Waals surface area contributed by atoms with E-state index in [1.54, 1.807) is 24.3 Å². The Morgan fingerprint density at radius 2 is 1.68 bits per heavy atom. The number of carbonyl (C=O) groups is 1. The molecule has 2 N–H and O–H groups in total. The lowest BCUT2D eigenvalue weighted by molar-refractivity contribution is 0.0935. The van der Waals surface area contributed by atoms with E-state index in [1.165, 1.54) is 11.1 Å². The van der Waals surface area contributed by atoms with Crippen molar-refractivity contribution in [2.75, 3.05) is 11.0 Å². The van der Waals surface area contributed by atoms with Crippen molar-refractivity contribution in [1.82, 2.24) is 5.32 Å². The van der Waals surface area contributed by atoms with Crippen molar-refractivity contribution >= 4 is 21.6 Å². The van der Waals surface area contributed by atoms with Crippen molar-refractivity contribution in [2.45, 2.75) is 33.2 Å². The summed E-state index contributed by atoms with van der Waals surface area (Å²) in [4.78, 5) is 12.5. The van der Waals surface area contributed by atoms with Gasteiger partial charge in [-0.05, 0) is 61.2 Å². The van der Waals surface area contributed by atoms with E-state index in [1.807, 2.05) is 13.0 Å². The summed E-state index contributed by atoms with van der Waals surface area (Å²) in [6.45, 7) is 6.14. The number of nitrogens with one attached hydrogen (secondary N) is 2. The van der Waals surface area contributed by atoms with Crippen LogP contribution in [0.4, 0.5) is 5.69 Å². The topological polar surface area (TPSA) is 75.3 Å². The van der Waals surface area contributed by atoms with E-state index in [0.717, 1.165) is 18.2 Å². The molecular formula is C19H24N2O3S. The van der Waals surface area contributed by atoms with Gasteiger partial charge in [0.1, 0.15) is 0 Å². The summed E-state index contributed by atoms with van der Waals surface area (Å²) in [5.74, 6) is -0.184. The van der Waals surface area contributed by atoms with Gasteiger partial charge in [-0.2, -0.15) is 0 Å². The van der Waals surface area contributed by atoms with Crippen LogP contribution in [0.15, 0.2) is 42.5 Å². The van der Waals surface area contributed by atoms with Crippen LogP contribution in [0, 0.1) is 13.8 Å². The second-order valence-electron chi connectivity index (χ2n) is 6.23. The number of benzene rings is 2. The molecular weight excluding hydrogens is 336 g/mol. The highest BCUT2D eigenvalue weighted by Crippen LogP contribution is 2.21. The molecule has 0 spiro atoms. The standard InChI is InChI=1S/C19H24N2O3S/c1-5-18(16-7-6-13(2)14(3)12-16)20-19(22)15-8-10-17(11-9-15)21-25(4,23)24/h6-12,18,21H,5H2,1-4H3,(H,20,22). The van der Waals surface area contributed by atoms with Crippen LogP contribution in [0.25, 0.3) is 0 Å². The molecule has 1 amide bonds. The highest BCUT2D eigenvalue weighted by atomic mass is 32.2. The van der Waals surface area contributed by atoms with Gasteiger partial charge >= 0.3 is 0 Å². The van der Waals surface area contributed by atoms with Crippen LogP contribution in [0.3, 0.4) is 0 Å². The first-order valence-electron chi connectivity index (χ1n) is 8.15. The molecule has 0 bridgehead atoms. The molecule has 2 aromatic carbocycles. The number of carbonyl (C=O) groups excluding carboxylic acids is 1. The molecule has 1 unspecified atom stereocenters. The molecule has 2 aromatic rings. The molecule has 0 radical (unpaired) electrons. The fourth-order valence-corrected chi connectivity index (χ4v) is 3.11. The number of rotatable bonds is 6. The first-order chi connectivity index (χ1) is 11.7. The molecule has 0 aliphatic heterocycles. The van der Waals surface area contributed by atoms with E-state index >= 15 is 0 Å². The maximum atomic E-state index is 12.5. The molecule has 0 saturated heterocycles. The van der Waals surface area contributed by atoms with E-state index in [-0.39, 0.29) is 11.9 Å². The fourth-order valence-electron chi connectivity index (χ4n) is 2.55. The summed E-state index contributed by atoms with van der Waals surface area (Å²) in [6.07, 6.45) is 1.87. The smallest absolute Gasteiger partial charge is 0.251 e. The van der Waals surface area contributed by atoms with E-state index in [4.69, 9.17) is 0 Å². The molecule has 25 heavy (non-hydrogen) atoms. The van der Waals surface area contributed by atoms with Crippen molar-refractivity contribution in [3.8, 4) is 0 Å². The lowest BCUT2D eigenvalue weighted by Crippen LogP contribution is -2.28. The molecule has 134 valence electrons. The highest BCUT2D eigenvalue weighted by molar-refractivity contribution is 7.92. The quantitative estimate of drug-likeness (QED) is 0.827. The second-order valence-corrected chi connectivity index (χ2v) is 7.98. The van der Waals surface area contributed by atoms with Crippen molar-refractivity contribution in [3.05, 3.63) is 64.7 Å². The van der Waals surface area contributed by atoms with Gasteiger partial charge in [0.15, 0.2) is 0 Å². The Labute approximate surface area is 149 Å². The molecule has 0 aromatic heterocycles. The Morgan fingerprint density at radius 1 is 1.04 bits per heavy atom. The zero-order valence-electron chi connectivity index (χ0n) is 15.0. The fraction of sp³-hybridized carbons (Fsp3) is 0.316. The summed E-state index contributed by atoms with van der Waals surface area (Å²) >= 11 is 0. The lowest BCUT2D eigenvalue weighted by atomic mass is 9.99. The molecule has 6 heteroatoms. The van der Waals surface area contributed by atoms with E-state index in [2.05, 4.69) is 36.0 Å². The number of sulfonamides is 1. The molecule has 0 aliphatic rings. The van der Waals surface area contributed by atoms with Crippen LogP contribution in [-0.2, 0) is 10.0 Å². The Kier molecular flexibility index (Phi) is 5.85. The molecule has 0 fully saturated rings. The van der Waals surface area contributed by atoms with Gasteiger partial charge in [0.25, 0.3) is 5.91 Å². The number of hydrogen-bond acceptors (Lipinski definition) is 3. The van der Waals surface area contributed by atoms with Gasteiger partial charge in [0.2, 0.25) is 10.0 Å². The largest absolute Gasteiger partial charge is 0.345 e. The van der Waals surface area contributed by atoms with Gasteiger partial charge < -0.3 is 5.32 Å². The minimum Gasteiger partial charge on any atom is -0.345 e. The third-order valence-corrected chi connectivity index (χ3v) is 4.70. The molecule has 1 atom stereocenters. The summed E-state index contributed by atoms with van der Waals surface area (Å²) < 4.78 is 24.8. The van der Waals surface area contributed by atoms with Gasteiger partial charge in [-0.1, -0.05) is 25.1 Å². The van der Waals surface area contributed by atoms with Crippen molar-refractivity contribution in [3.63, 3.8) is 0 Å². The third kappa shape index (κ3) is 5.32. The Hall–Kier alpha value is -2.34. The van der Waals surface area contributed by atoms with Crippen LogP contribution in [0.5, 0.6) is 0 Å². The molecule has 0 heterocycles. The summed E-state index contributed by atoms with van der Waals surface area (Å²) in [5.41, 5.74) is 4.41. The SMILES string of the molecule is CCC(NC(=O)c1ccc(NS(C)(=O)=O)cc1)c1ccc(C)c(C)c1. The molecule has 0 saturated carbocycles. The first-order valence-corrected chi connectivity index (χ1v) is 10.0.